The molecule has 4 amide bonds. The summed E-state index contributed by atoms with van der Waals surface area (Å²) in [5.74, 6) is -0.367. The van der Waals surface area contributed by atoms with Crippen molar-refractivity contribution in [3.8, 4) is 0 Å². The van der Waals surface area contributed by atoms with E-state index in [2.05, 4.69) is 5.32 Å². The molecule has 0 radical (unpaired) electrons. The molecule has 0 aromatic heterocycles. The number of carbonyl (C=O) groups is 3. The average Bonchev–Trinajstić information content (AvgIpc) is 2.41. The van der Waals surface area contributed by atoms with Crippen LogP contribution in [-0.4, -0.2) is 45.5 Å². The molecule has 0 aromatic carbocycles. The van der Waals surface area contributed by atoms with Gasteiger partial charge in [-0.05, 0) is 19.3 Å². The minimum Gasteiger partial charge on any atom is -0.277 e. The van der Waals surface area contributed by atoms with E-state index in [4.69, 9.17) is 0 Å². The van der Waals surface area contributed by atoms with Gasteiger partial charge in [0.15, 0.2) is 0 Å². The van der Waals surface area contributed by atoms with E-state index in [1.807, 2.05) is 0 Å². The summed E-state index contributed by atoms with van der Waals surface area (Å²) in [5, 5.41) is 2.31. The first-order valence-corrected chi connectivity index (χ1v) is 8.67. The molecular weight excluding hydrogens is 280 g/mol. The Kier molecular flexibility index (Phi) is 4.57. The summed E-state index contributed by atoms with van der Waals surface area (Å²) in [5.41, 5.74) is -1.04. The summed E-state index contributed by atoms with van der Waals surface area (Å²) in [6.07, 6.45) is 5.80. The van der Waals surface area contributed by atoms with Gasteiger partial charge in [0.25, 0.3) is 0 Å². The summed E-state index contributed by atoms with van der Waals surface area (Å²) >= 11 is 0. The number of urea groups is 1. The smallest absolute Gasteiger partial charge is 0.277 e. The third-order valence-corrected chi connectivity index (χ3v) is 4.94. The Balaban J connectivity index is 2.11. The van der Waals surface area contributed by atoms with Gasteiger partial charge in [0.2, 0.25) is 11.8 Å². The maximum atomic E-state index is 12.6. The zero-order chi connectivity index (χ0) is 14.8. The lowest BCUT2D eigenvalue weighted by molar-refractivity contribution is -0.153. The van der Waals surface area contributed by atoms with Crippen LogP contribution < -0.4 is 5.32 Å². The minimum atomic E-state index is -1.04. The number of amides is 4. The summed E-state index contributed by atoms with van der Waals surface area (Å²) in [4.78, 5) is 37.6. The van der Waals surface area contributed by atoms with E-state index in [1.165, 1.54) is 0 Å². The fraction of sp³-hybridized carbons (Fsp3) is 0.769. The van der Waals surface area contributed by atoms with Gasteiger partial charge in [0, 0.05) is 29.4 Å². The van der Waals surface area contributed by atoms with Crippen LogP contribution in [0.25, 0.3) is 0 Å². The van der Waals surface area contributed by atoms with Gasteiger partial charge < -0.3 is 0 Å². The third-order valence-electron chi connectivity index (χ3n) is 4.08. The van der Waals surface area contributed by atoms with Gasteiger partial charge in [-0.3, -0.25) is 24.0 Å². The number of imide groups is 2. The Morgan fingerprint density at radius 1 is 1.20 bits per heavy atom. The number of hydrogen-bond donors (Lipinski definition) is 1. The van der Waals surface area contributed by atoms with Crippen LogP contribution in [0.2, 0.25) is 0 Å². The van der Waals surface area contributed by atoms with Crippen LogP contribution >= 0.6 is 0 Å². The average molecular weight is 300 g/mol. The first-order valence-electron chi connectivity index (χ1n) is 6.95. The number of barbiturate groups is 1. The summed E-state index contributed by atoms with van der Waals surface area (Å²) < 4.78 is 11.0. The number of carbonyl (C=O) groups excluding carboxylic acids is 3. The highest BCUT2D eigenvalue weighted by molar-refractivity contribution is 7.84. The Morgan fingerprint density at radius 3 is 2.45 bits per heavy atom. The Morgan fingerprint density at radius 2 is 1.85 bits per heavy atom. The van der Waals surface area contributed by atoms with E-state index >= 15 is 0 Å². The molecule has 1 spiro atoms. The zero-order valence-electron chi connectivity index (χ0n) is 11.6. The second-order valence-corrected chi connectivity index (χ2v) is 7.04. The molecule has 2 rings (SSSR count). The molecule has 6 nitrogen and oxygen atoms in total. The van der Waals surface area contributed by atoms with Crippen molar-refractivity contribution in [2.24, 2.45) is 5.41 Å². The van der Waals surface area contributed by atoms with Crippen LogP contribution in [0.4, 0.5) is 4.79 Å². The molecule has 7 heteroatoms. The molecule has 1 N–H and O–H groups in total. The number of nitrogens with one attached hydrogen (secondary N) is 1. The van der Waals surface area contributed by atoms with Crippen molar-refractivity contribution in [3.05, 3.63) is 0 Å². The number of nitrogens with zero attached hydrogens (tertiary/aromatic N) is 1. The van der Waals surface area contributed by atoms with E-state index < -0.39 is 28.2 Å². The van der Waals surface area contributed by atoms with Crippen molar-refractivity contribution >= 4 is 28.6 Å². The fourth-order valence-corrected chi connectivity index (χ4v) is 3.49. The molecular formula is C13H20N2O4S. The molecule has 0 bridgehead atoms. The molecule has 1 unspecified atom stereocenters. The van der Waals surface area contributed by atoms with Crippen molar-refractivity contribution in [2.45, 2.75) is 38.5 Å². The lowest BCUT2D eigenvalue weighted by atomic mass is 9.71. The minimum absolute atomic E-state index is 0.222. The van der Waals surface area contributed by atoms with Crippen molar-refractivity contribution < 1.29 is 18.6 Å². The molecule has 112 valence electrons. The molecule has 1 heterocycles. The largest absolute Gasteiger partial charge is 0.330 e. The predicted octanol–water partition coefficient (Wildman–Crippen LogP) is 0.784. The molecule has 1 saturated heterocycles. The fourth-order valence-electron chi connectivity index (χ4n) is 2.96. The van der Waals surface area contributed by atoms with Crippen LogP contribution in [-0.2, 0) is 20.4 Å². The zero-order valence-corrected chi connectivity index (χ0v) is 12.5. The van der Waals surface area contributed by atoms with Gasteiger partial charge in [0.1, 0.15) is 5.41 Å². The van der Waals surface area contributed by atoms with Crippen LogP contribution in [0.3, 0.4) is 0 Å². The molecule has 1 aliphatic heterocycles. The second-order valence-electron chi connectivity index (χ2n) is 5.49. The molecule has 1 aliphatic carbocycles. The molecule has 1 saturated carbocycles. The molecule has 2 fully saturated rings. The van der Waals surface area contributed by atoms with Gasteiger partial charge in [-0.2, -0.15) is 0 Å². The van der Waals surface area contributed by atoms with Crippen molar-refractivity contribution in [2.75, 3.05) is 18.6 Å². The van der Waals surface area contributed by atoms with Crippen molar-refractivity contribution in [1.29, 1.82) is 0 Å². The SMILES string of the molecule is CS(=O)CCCN1C(=O)NC(=O)C2(CCCCC2)C1=O. The normalized spacial score (nSPS) is 23.9. The van der Waals surface area contributed by atoms with E-state index in [-0.39, 0.29) is 12.5 Å². The maximum absolute atomic E-state index is 12.6. The van der Waals surface area contributed by atoms with Crippen LogP contribution in [0, 0.1) is 5.41 Å². The maximum Gasteiger partial charge on any atom is 0.330 e. The lowest BCUT2D eigenvalue weighted by Gasteiger charge is -2.41. The van der Waals surface area contributed by atoms with E-state index in [0.29, 0.717) is 25.0 Å². The van der Waals surface area contributed by atoms with Crippen LogP contribution in [0.15, 0.2) is 0 Å². The van der Waals surface area contributed by atoms with Crippen molar-refractivity contribution in [1.82, 2.24) is 10.2 Å². The molecule has 2 aliphatic rings. The summed E-state index contributed by atoms with van der Waals surface area (Å²) in [6, 6.07) is -0.641. The molecule has 20 heavy (non-hydrogen) atoms. The quantitative estimate of drug-likeness (QED) is 0.778. The first-order chi connectivity index (χ1) is 9.47. The van der Waals surface area contributed by atoms with Crippen LogP contribution in [0.1, 0.15) is 38.5 Å². The summed E-state index contributed by atoms with van der Waals surface area (Å²) in [7, 11) is -0.949. The first kappa shape index (κ1) is 15.2. The number of rotatable bonds is 4. The Hall–Kier alpha value is -1.24. The Bertz CT molecular complexity index is 457. The van der Waals surface area contributed by atoms with Crippen LogP contribution in [0.5, 0.6) is 0 Å². The van der Waals surface area contributed by atoms with Gasteiger partial charge in [-0.1, -0.05) is 19.3 Å². The highest BCUT2D eigenvalue weighted by atomic mass is 32.2. The van der Waals surface area contributed by atoms with E-state index in [0.717, 1.165) is 24.2 Å². The van der Waals surface area contributed by atoms with Gasteiger partial charge in [-0.25, -0.2) is 4.79 Å². The third kappa shape index (κ3) is 2.77. The van der Waals surface area contributed by atoms with Crippen molar-refractivity contribution in [3.63, 3.8) is 0 Å². The number of hydrogen-bond acceptors (Lipinski definition) is 4. The van der Waals surface area contributed by atoms with Gasteiger partial charge >= 0.3 is 6.03 Å². The standard InChI is InChI=1S/C13H20N2O4S/c1-20(19)9-5-8-15-11(17)13(6-3-2-4-7-13)10(16)14-12(15)18/h2-9H2,1H3,(H,14,16,18). The highest BCUT2D eigenvalue weighted by Crippen LogP contribution is 2.40. The summed E-state index contributed by atoms with van der Waals surface area (Å²) in [6.45, 7) is 0.222. The highest BCUT2D eigenvalue weighted by Gasteiger charge is 2.53. The van der Waals surface area contributed by atoms with Gasteiger partial charge in [-0.15, -0.1) is 0 Å². The monoisotopic (exact) mass is 300 g/mol. The molecule has 1 atom stereocenters. The predicted molar refractivity (Wildman–Crippen MR) is 74.3 cm³/mol. The Labute approximate surface area is 120 Å². The van der Waals surface area contributed by atoms with Gasteiger partial charge in [0.05, 0.1) is 0 Å². The van der Waals surface area contributed by atoms with E-state index in [9.17, 15) is 18.6 Å². The van der Waals surface area contributed by atoms with E-state index in [1.54, 1.807) is 6.26 Å². The second kappa shape index (κ2) is 6.03. The topological polar surface area (TPSA) is 83.6 Å². The lowest BCUT2D eigenvalue weighted by Crippen LogP contribution is -2.64. The molecule has 0 aromatic rings.